The molecule has 4 fully saturated rings. The maximum absolute atomic E-state index is 12.4. The van der Waals surface area contributed by atoms with E-state index in [-0.39, 0.29) is 35.8 Å². The average molecular weight is 518 g/mol. The van der Waals surface area contributed by atoms with Gasteiger partial charge in [-0.2, -0.15) is 0 Å². The van der Waals surface area contributed by atoms with E-state index < -0.39 is 0 Å². The van der Waals surface area contributed by atoms with Crippen molar-refractivity contribution in [2.24, 2.45) is 22.2 Å². The topological polar surface area (TPSA) is 66.0 Å². The molecule has 2 N–H and O–H groups in total. The van der Waals surface area contributed by atoms with Gasteiger partial charge in [0.15, 0.2) is 5.96 Å². The van der Waals surface area contributed by atoms with Crippen molar-refractivity contribution < 1.29 is 9.53 Å². The van der Waals surface area contributed by atoms with Gasteiger partial charge in [-0.3, -0.25) is 9.79 Å². The standard InChI is InChI=1S/C22H38N4O2.HI/c1-4-23-21(24-16-9-7-8-15(14-16)20(27)26(2)3)25-18-17-10-13-28-19(17)22(18)11-5-6-12-22;/h15-19H,4-14H2,1-3H3,(H2,23,24,25);1H. The van der Waals surface area contributed by atoms with Crippen molar-refractivity contribution in [3.05, 3.63) is 0 Å². The van der Waals surface area contributed by atoms with Crippen LogP contribution < -0.4 is 10.6 Å². The summed E-state index contributed by atoms with van der Waals surface area (Å²) in [4.78, 5) is 18.9. The molecule has 0 bridgehead atoms. The number of halogens is 1. The number of carbonyl (C=O) groups is 1. The van der Waals surface area contributed by atoms with Gasteiger partial charge in [0.2, 0.25) is 5.91 Å². The molecular formula is C22H39IN4O2. The van der Waals surface area contributed by atoms with Crippen LogP contribution in [0.2, 0.25) is 0 Å². The molecule has 1 spiro atoms. The minimum absolute atomic E-state index is 0. The van der Waals surface area contributed by atoms with Crippen LogP contribution >= 0.6 is 24.0 Å². The third-order valence-corrected chi connectivity index (χ3v) is 7.70. The number of fused-ring (bicyclic) bond motifs is 2. The van der Waals surface area contributed by atoms with Crippen molar-refractivity contribution in [3.63, 3.8) is 0 Å². The lowest BCUT2D eigenvalue weighted by Gasteiger charge is -2.57. The highest BCUT2D eigenvalue weighted by atomic mass is 127. The molecule has 5 unspecified atom stereocenters. The number of guanidine groups is 1. The number of nitrogens with one attached hydrogen (secondary N) is 2. The van der Waals surface area contributed by atoms with Gasteiger partial charge in [0, 0.05) is 56.6 Å². The number of hydrogen-bond donors (Lipinski definition) is 2. The van der Waals surface area contributed by atoms with Crippen molar-refractivity contribution >= 4 is 35.8 Å². The average Bonchev–Trinajstić information content (AvgIpc) is 3.34. The molecule has 5 atom stereocenters. The molecule has 1 aliphatic heterocycles. The van der Waals surface area contributed by atoms with Gasteiger partial charge in [0.1, 0.15) is 0 Å². The second kappa shape index (κ2) is 9.71. The largest absolute Gasteiger partial charge is 0.377 e. The second-order valence-electron chi connectivity index (χ2n) is 9.57. The predicted molar refractivity (Wildman–Crippen MR) is 127 cm³/mol. The summed E-state index contributed by atoms with van der Waals surface area (Å²) in [6, 6.07) is 0.818. The smallest absolute Gasteiger partial charge is 0.225 e. The molecule has 4 rings (SSSR count). The van der Waals surface area contributed by atoms with Crippen LogP contribution in [-0.2, 0) is 9.53 Å². The summed E-state index contributed by atoms with van der Waals surface area (Å²) in [5, 5.41) is 7.53. The molecule has 0 aromatic heterocycles. The molecular weight excluding hydrogens is 479 g/mol. The van der Waals surface area contributed by atoms with Crippen LogP contribution in [0, 0.1) is 17.3 Å². The highest BCUT2D eigenvalue weighted by molar-refractivity contribution is 14.0. The molecule has 1 heterocycles. The van der Waals surface area contributed by atoms with Crippen LogP contribution in [0.15, 0.2) is 4.99 Å². The Hall–Kier alpha value is -0.570. The second-order valence-corrected chi connectivity index (χ2v) is 9.57. The summed E-state index contributed by atoms with van der Waals surface area (Å²) < 4.78 is 6.13. The van der Waals surface area contributed by atoms with Gasteiger partial charge < -0.3 is 20.3 Å². The van der Waals surface area contributed by atoms with E-state index in [1.54, 1.807) is 4.90 Å². The van der Waals surface area contributed by atoms with Crippen LogP contribution in [-0.4, -0.2) is 62.2 Å². The highest BCUT2D eigenvalue weighted by Crippen LogP contribution is 2.60. The zero-order chi connectivity index (χ0) is 19.7. The highest BCUT2D eigenvalue weighted by Gasteiger charge is 2.65. The van der Waals surface area contributed by atoms with Crippen LogP contribution in [0.5, 0.6) is 0 Å². The Kier molecular flexibility index (Phi) is 7.73. The molecule has 3 saturated carbocycles. The van der Waals surface area contributed by atoms with E-state index in [9.17, 15) is 4.79 Å². The fraction of sp³-hybridized carbons (Fsp3) is 0.909. The van der Waals surface area contributed by atoms with Crippen molar-refractivity contribution in [1.82, 2.24) is 15.5 Å². The van der Waals surface area contributed by atoms with Gasteiger partial charge in [-0.1, -0.05) is 19.3 Å². The molecule has 6 nitrogen and oxygen atoms in total. The maximum atomic E-state index is 12.4. The maximum Gasteiger partial charge on any atom is 0.225 e. The van der Waals surface area contributed by atoms with E-state index in [0.717, 1.165) is 44.8 Å². The first-order valence-electron chi connectivity index (χ1n) is 11.5. The molecule has 0 aromatic rings. The predicted octanol–water partition coefficient (Wildman–Crippen LogP) is 3.15. The Labute approximate surface area is 193 Å². The quantitative estimate of drug-likeness (QED) is 0.341. The van der Waals surface area contributed by atoms with Crippen LogP contribution in [0.25, 0.3) is 0 Å². The Bertz CT molecular complexity index is 606. The summed E-state index contributed by atoms with van der Waals surface area (Å²) >= 11 is 0. The molecule has 7 heteroatoms. The van der Waals surface area contributed by atoms with Crippen molar-refractivity contribution in [3.8, 4) is 0 Å². The van der Waals surface area contributed by atoms with Gasteiger partial charge in [0.05, 0.1) is 6.10 Å². The molecule has 0 aromatic carbocycles. The van der Waals surface area contributed by atoms with E-state index in [4.69, 9.17) is 9.73 Å². The summed E-state index contributed by atoms with van der Waals surface area (Å²) in [5.41, 5.74) is 0.327. The third-order valence-electron chi connectivity index (χ3n) is 7.70. The monoisotopic (exact) mass is 518 g/mol. The van der Waals surface area contributed by atoms with E-state index in [2.05, 4.69) is 17.6 Å². The number of rotatable bonds is 4. The first kappa shape index (κ1) is 23.1. The zero-order valence-corrected chi connectivity index (χ0v) is 20.6. The van der Waals surface area contributed by atoms with E-state index in [0.29, 0.717) is 29.5 Å². The third kappa shape index (κ3) is 4.41. The number of aliphatic imine (C=N–C) groups is 1. The van der Waals surface area contributed by atoms with Crippen LogP contribution in [0.3, 0.4) is 0 Å². The van der Waals surface area contributed by atoms with Crippen LogP contribution in [0.1, 0.15) is 64.7 Å². The lowest BCUT2D eigenvalue weighted by molar-refractivity contribution is -0.134. The summed E-state index contributed by atoms with van der Waals surface area (Å²) in [6.07, 6.45) is 11.0. The number of carbonyl (C=O) groups excluding carboxylic acids is 1. The number of hydrogen-bond acceptors (Lipinski definition) is 3. The molecule has 166 valence electrons. The van der Waals surface area contributed by atoms with E-state index in [1.807, 2.05) is 14.1 Å². The number of amides is 1. The Balaban J connectivity index is 0.00000240. The Morgan fingerprint density at radius 2 is 1.90 bits per heavy atom. The molecule has 3 aliphatic carbocycles. The van der Waals surface area contributed by atoms with Crippen LogP contribution in [0.4, 0.5) is 0 Å². The van der Waals surface area contributed by atoms with Gasteiger partial charge in [-0.25, -0.2) is 0 Å². The molecule has 4 aliphatic rings. The fourth-order valence-electron chi connectivity index (χ4n) is 6.45. The number of ether oxygens (including phenoxy) is 1. The first-order chi connectivity index (χ1) is 13.5. The minimum Gasteiger partial charge on any atom is -0.377 e. The van der Waals surface area contributed by atoms with Gasteiger partial charge in [-0.05, 0) is 45.4 Å². The summed E-state index contributed by atoms with van der Waals surface area (Å²) in [6.45, 7) is 3.78. The zero-order valence-electron chi connectivity index (χ0n) is 18.3. The van der Waals surface area contributed by atoms with E-state index >= 15 is 0 Å². The lowest BCUT2D eigenvalue weighted by Crippen LogP contribution is -2.69. The van der Waals surface area contributed by atoms with Crippen molar-refractivity contribution in [2.45, 2.75) is 82.9 Å². The van der Waals surface area contributed by atoms with Gasteiger partial charge in [0.25, 0.3) is 0 Å². The summed E-state index contributed by atoms with van der Waals surface area (Å²) in [5.74, 6) is 1.99. The lowest BCUT2D eigenvalue weighted by atomic mass is 9.54. The van der Waals surface area contributed by atoms with Gasteiger partial charge in [-0.15, -0.1) is 24.0 Å². The molecule has 0 radical (unpaired) electrons. The van der Waals surface area contributed by atoms with Crippen molar-refractivity contribution in [1.29, 1.82) is 0 Å². The van der Waals surface area contributed by atoms with Gasteiger partial charge >= 0.3 is 0 Å². The normalized spacial score (nSPS) is 35.4. The SMILES string of the molecule is CCN=C(NC1CCCC(C(=O)N(C)C)C1)NC1C2CCOC2C12CCCC2.I. The Morgan fingerprint density at radius 1 is 1.14 bits per heavy atom. The molecule has 1 amide bonds. The molecule has 1 saturated heterocycles. The fourth-order valence-corrected chi connectivity index (χ4v) is 6.45. The summed E-state index contributed by atoms with van der Waals surface area (Å²) in [7, 11) is 3.73. The first-order valence-corrected chi connectivity index (χ1v) is 11.5. The number of nitrogens with zero attached hydrogens (tertiary/aromatic N) is 2. The minimum atomic E-state index is 0. The van der Waals surface area contributed by atoms with E-state index in [1.165, 1.54) is 32.1 Å². The van der Waals surface area contributed by atoms with Crippen molar-refractivity contribution in [2.75, 3.05) is 27.2 Å². The molecule has 29 heavy (non-hydrogen) atoms. The Morgan fingerprint density at radius 3 is 2.59 bits per heavy atom.